The van der Waals surface area contributed by atoms with Gasteiger partial charge in [0.1, 0.15) is 6.56 Å². The molecule has 190 valence electrons. The highest BCUT2D eigenvalue weighted by Crippen LogP contribution is 2.42. The fraction of sp³-hybridized carbons (Fsp3) is 0.552. The fourth-order valence-corrected chi connectivity index (χ4v) is 3.78. The third-order valence-electron chi connectivity index (χ3n) is 5.85. The number of nitrogens with zero attached hydrogens (tertiary/aromatic N) is 2. The van der Waals surface area contributed by atoms with Crippen molar-refractivity contribution in [2.24, 2.45) is 11.0 Å². The van der Waals surface area contributed by atoms with Crippen LogP contribution in [0.25, 0.3) is 0 Å². The third kappa shape index (κ3) is 6.46. The van der Waals surface area contributed by atoms with E-state index < -0.39 is 79.3 Å². The summed E-state index contributed by atoms with van der Waals surface area (Å²) >= 11 is 0. The van der Waals surface area contributed by atoms with Gasteiger partial charge in [-0.1, -0.05) is 56.0 Å². The van der Waals surface area contributed by atoms with Crippen molar-refractivity contribution in [1.82, 2.24) is 4.90 Å². The second-order valence-corrected chi connectivity index (χ2v) is 8.36. The molecule has 0 spiro atoms. The van der Waals surface area contributed by atoms with Crippen LogP contribution >= 0.6 is 0 Å². The number of hydrogen-bond acceptors (Lipinski definition) is 3. The van der Waals surface area contributed by atoms with Crippen LogP contribution in [0.5, 0.6) is 0 Å². The molecule has 1 aliphatic heterocycles. The van der Waals surface area contributed by atoms with Crippen LogP contribution < -0.4 is 0 Å². The SMILES string of the molecule is [2H]C([2H])([2H])/C(=N\OC([2H])([2H])c1ccc(C2([2H])C([2H])([2H])C([2H])([2H])C([2H])(C)C([2H])([2H])C2([2H])[2H])c(C(F)(F)F)c1)c1ccc(CN2CCC2)c(CC)c1. The molecule has 2 aliphatic rings. The number of benzene rings is 2. The maximum absolute atomic E-state index is 14.7. The van der Waals surface area contributed by atoms with Crippen LogP contribution in [-0.2, 0) is 30.5 Å². The summed E-state index contributed by atoms with van der Waals surface area (Å²) in [4.78, 5) is 7.15. The molecule has 0 unspecified atom stereocenters. The predicted octanol–water partition coefficient (Wildman–Crippen LogP) is 7.71. The lowest BCUT2D eigenvalue weighted by atomic mass is 9.78. The summed E-state index contributed by atoms with van der Waals surface area (Å²) in [6.45, 7) is -1.37. The van der Waals surface area contributed by atoms with Crippen molar-refractivity contribution in [2.75, 3.05) is 13.1 Å². The van der Waals surface area contributed by atoms with Gasteiger partial charge in [-0.2, -0.15) is 13.2 Å². The average molecular weight is 502 g/mol. The van der Waals surface area contributed by atoms with E-state index in [0.717, 1.165) is 30.6 Å². The highest BCUT2D eigenvalue weighted by atomic mass is 19.4. The van der Waals surface area contributed by atoms with Gasteiger partial charge in [-0.15, -0.1) is 0 Å². The van der Waals surface area contributed by atoms with Crippen LogP contribution in [0.4, 0.5) is 13.2 Å². The minimum Gasteiger partial charge on any atom is -0.391 e. The molecule has 2 aromatic carbocycles. The van der Waals surface area contributed by atoms with E-state index in [-0.39, 0.29) is 11.6 Å². The molecule has 0 radical (unpaired) electrons. The van der Waals surface area contributed by atoms with E-state index in [9.17, 15) is 13.2 Å². The Morgan fingerprint density at radius 2 is 1.94 bits per heavy atom. The summed E-state index contributed by atoms with van der Waals surface area (Å²) in [5.41, 5.74) is -3.42. The number of hydrogen-bond donors (Lipinski definition) is 0. The molecule has 1 saturated carbocycles. The molecule has 3 nitrogen and oxygen atoms in total. The van der Waals surface area contributed by atoms with Crippen molar-refractivity contribution in [3.8, 4) is 0 Å². The predicted molar refractivity (Wildman–Crippen MR) is 135 cm³/mol. The Morgan fingerprint density at radius 1 is 1.17 bits per heavy atom. The zero-order valence-corrected chi connectivity index (χ0v) is 19.4. The first-order valence-electron chi connectivity index (χ1n) is 18.8. The largest absolute Gasteiger partial charge is 0.416 e. The molecule has 4 rings (SSSR count). The molecular formula is C29H37F3N2O. The van der Waals surface area contributed by atoms with Gasteiger partial charge < -0.3 is 4.84 Å². The summed E-state index contributed by atoms with van der Waals surface area (Å²) in [5.74, 6) is -7.22. The number of aryl methyl sites for hydroxylation is 1. The van der Waals surface area contributed by atoms with Crippen molar-refractivity contribution < 1.29 is 38.6 Å². The van der Waals surface area contributed by atoms with E-state index in [1.807, 2.05) is 6.92 Å². The molecule has 0 aromatic heterocycles. The van der Waals surface area contributed by atoms with E-state index in [2.05, 4.69) is 10.1 Å². The van der Waals surface area contributed by atoms with E-state index in [4.69, 9.17) is 25.4 Å². The lowest BCUT2D eigenvalue weighted by molar-refractivity contribution is -0.138. The summed E-state index contributed by atoms with van der Waals surface area (Å²) in [7, 11) is 0. The molecule has 6 heteroatoms. The molecule has 2 fully saturated rings. The molecule has 0 bridgehead atoms. The van der Waals surface area contributed by atoms with Crippen LogP contribution in [0, 0.1) is 5.89 Å². The summed E-state index contributed by atoms with van der Waals surface area (Å²) in [6, 6.07) is 5.73. The maximum Gasteiger partial charge on any atom is 0.416 e. The molecule has 0 atom stereocenters. The van der Waals surface area contributed by atoms with Gasteiger partial charge in [0.05, 0.1) is 14.0 Å². The van der Waals surface area contributed by atoms with Crippen LogP contribution in [0.1, 0.15) is 112 Å². The third-order valence-corrected chi connectivity index (χ3v) is 5.85. The molecule has 0 N–H and O–H groups in total. The Kier molecular flexibility index (Phi) is 4.06. The number of oxime groups is 1. The molecule has 1 heterocycles. The van der Waals surface area contributed by atoms with Crippen LogP contribution in [0.15, 0.2) is 41.6 Å². The van der Waals surface area contributed by atoms with Crippen LogP contribution in [0.2, 0.25) is 0 Å². The zero-order valence-electron chi connectivity index (χ0n) is 34.4. The number of likely N-dealkylation sites (tertiary alicyclic amines) is 1. The highest BCUT2D eigenvalue weighted by molar-refractivity contribution is 5.98. The highest BCUT2D eigenvalue weighted by Gasteiger charge is 2.36. The lowest BCUT2D eigenvalue weighted by Gasteiger charge is -2.31. The number of halogens is 3. The summed E-state index contributed by atoms with van der Waals surface area (Å²) < 4.78 is 169. The Labute approximate surface area is 228 Å². The van der Waals surface area contributed by atoms with Gasteiger partial charge >= 0.3 is 6.18 Å². The van der Waals surface area contributed by atoms with E-state index in [1.54, 1.807) is 12.1 Å². The first kappa shape index (κ1) is 12.8. The van der Waals surface area contributed by atoms with Crippen molar-refractivity contribution in [1.29, 1.82) is 0 Å². The number of rotatable bonds is 8. The van der Waals surface area contributed by atoms with Gasteiger partial charge in [0, 0.05) is 24.4 Å². The van der Waals surface area contributed by atoms with Gasteiger partial charge in [0.15, 0.2) is 0 Å². The molecular weight excluding hydrogens is 449 g/mol. The first-order chi connectivity index (χ1) is 22.4. The van der Waals surface area contributed by atoms with Crippen LogP contribution in [0.3, 0.4) is 0 Å². The first-order valence-corrected chi connectivity index (χ1v) is 11.3. The van der Waals surface area contributed by atoms with E-state index in [0.29, 0.717) is 32.0 Å². The number of alkyl halides is 3. The second kappa shape index (κ2) is 11.2. The van der Waals surface area contributed by atoms with Gasteiger partial charge in [-0.25, -0.2) is 0 Å². The summed E-state index contributed by atoms with van der Waals surface area (Å²) in [5, 5.41) is 3.54. The zero-order chi connectivity index (χ0) is 38.3. The van der Waals surface area contributed by atoms with Crippen molar-refractivity contribution in [2.45, 2.75) is 84.2 Å². The van der Waals surface area contributed by atoms with Crippen molar-refractivity contribution in [3.05, 3.63) is 69.8 Å². The van der Waals surface area contributed by atoms with Crippen molar-refractivity contribution in [3.63, 3.8) is 0 Å². The molecule has 1 aliphatic carbocycles. The molecule has 1 saturated heterocycles. The van der Waals surface area contributed by atoms with E-state index in [1.165, 1.54) is 6.07 Å². The van der Waals surface area contributed by atoms with Gasteiger partial charge in [-0.3, -0.25) is 4.90 Å². The molecule has 35 heavy (non-hydrogen) atoms. The quantitative estimate of drug-likeness (QED) is 0.273. The fourth-order valence-electron chi connectivity index (χ4n) is 3.78. The molecule has 0 amide bonds. The minimum absolute atomic E-state index is 0.0548. The van der Waals surface area contributed by atoms with Gasteiger partial charge in [0.25, 0.3) is 0 Å². The van der Waals surface area contributed by atoms with Gasteiger partial charge in [-0.05, 0) is 97.3 Å². The standard InChI is InChI=1S/C29H37F3N2O/c1-4-23-17-25(11-12-26(23)18-34-14-5-15-34)21(3)33-35-19-22-8-13-27(28(16-22)29(30,31)32)24-9-6-20(2)7-10-24/h8,11-13,16-17,20,24H,4-7,9-10,14-15,18-19H2,1-3H3/b33-21+/i3D3,6D2,7D2,9D2,10D2,19D2,20D,24D. The Morgan fingerprint density at radius 3 is 2.57 bits per heavy atom. The maximum atomic E-state index is 14.7. The summed E-state index contributed by atoms with van der Waals surface area (Å²) in [6.07, 6.45) is -19.4. The average Bonchev–Trinajstić information content (AvgIpc) is 2.96. The lowest BCUT2D eigenvalue weighted by Crippen LogP contribution is -2.36. The minimum atomic E-state index is -5.57. The van der Waals surface area contributed by atoms with Crippen LogP contribution in [-0.4, -0.2) is 23.7 Å². The monoisotopic (exact) mass is 501 g/mol. The Bertz CT molecular complexity index is 1620. The Hall–Kier alpha value is -2.34. The normalized spacial score (nSPS) is 38.7. The topological polar surface area (TPSA) is 24.8 Å². The van der Waals surface area contributed by atoms with Gasteiger partial charge in [0.2, 0.25) is 0 Å². The molecule has 2 aromatic rings. The van der Waals surface area contributed by atoms with Crippen molar-refractivity contribution >= 4 is 5.71 Å². The smallest absolute Gasteiger partial charge is 0.391 e. The van der Waals surface area contributed by atoms with E-state index >= 15 is 0 Å². The second-order valence-electron chi connectivity index (χ2n) is 8.36. The Balaban J connectivity index is 1.83.